The van der Waals surface area contributed by atoms with Crippen molar-refractivity contribution in [3.63, 3.8) is 0 Å². The number of para-hydroxylation sites is 3. The number of aromatic amines is 1. The number of nitrogens with zero attached hydrogens (tertiary/aromatic N) is 2. The molecule has 0 bridgehead atoms. The molecule has 4 rings (SSSR count). The molecule has 3 aromatic rings. The normalized spacial score (nSPS) is 14.6. The zero-order valence-electron chi connectivity index (χ0n) is 17.0. The van der Waals surface area contributed by atoms with Gasteiger partial charge in [0.25, 0.3) is 5.91 Å². The SMILES string of the molecule is COc1ccccc1OCC(=O)N1CCN(CC(=O)c2c[nH]c3ccccc23)CC1. The number of aromatic nitrogens is 1. The van der Waals surface area contributed by atoms with E-state index in [1.165, 1.54) is 0 Å². The van der Waals surface area contributed by atoms with E-state index in [0.29, 0.717) is 49.8 Å². The Kier molecular flexibility index (Phi) is 5.99. The highest BCUT2D eigenvalue weighted by atomic mass is 16.5. The van der Waals surface area contributed by atoms with Crippen LogP contribution in [-0.4, -0.2) is 72.9 Å². The number of hydrogen-bond donors (Lipinski definition) is 1. The zero-order chi connectivity index (χ0) is 20.9. The van der Waals surface area contributed by atoms with E-state index in [1.54, 1.807) is 30.3 Å². The molecule has 30 heavy (non-hydrogen) atoms. The summed E-state index contributed by atoms with van der Waals surface area (Å²) in [5.41, 5.74) is 1.68. The lowest BCUT2D eigenvalue weighted by Gasteiger charge is -2.34. The summed E-state index contributed by atoms with van der Waals surface area (Å²) in [6.07, 6.45) is 1.78. The number of nitrogens with one attached hydrogen (secondary N) is 1. The van der Waals surface area contributed by atoms with Crippen LogP contribution in [0.5, 0.6) is 11.5 Å². The van der Waals surface area contributed by atoms with Gasteiger partial charge in [-0.05, 0) is 18.2 Å². The second-order valence-corrected chi connectivity index (χ2v) is 7.27. The van der Waals surface area contributed by atoms with Gasteiger partial charge in [0.2, 0.25) is 0 Å². The third-order valence-electron chi connectivity index (χ3n) is 5.40. The van der Waals surface area contributed by atoms with Crippen LogP contribution in [0.25, 0.3) is 10.9 Å². The lowest BCUT2D eigenvalue weighted by Crippen LogP contribution is -2.51. The number of amides is 1. The van der Waals surface area contributed by atoms with E-state index in [9.17, 15) is 9.59 Å². The largest absolute Gasteiger partial charge is 0.493 e. The summed E-state index contributed by atoms with van der Waals surface area (Å²) in [5, 5.41) is 0.949. The van der Waals surface area contributed by atoms with Crippen LogP contribution in [0.3, 0.4) is 0 Å². The van der Waals surface area contributed by atoms with Gasteiger partial charge in [-0.3, -0.25) is 14.5 Å². The fraction of sp³-hybridized carbons (Fsp3) is 0.304. The number of rotatable bonds is 7. The summed E-state index contributed by atoms with van der Waals surface area (Å²) in [6, 6.07) is 15.1. The number of ketones is 1. The first-order valence-electron chi connectivity index (χ1n) is 10.0. The van der Waals surface area contributed by atoms with Gasteiger partial charge >= 0.3 is 0 Å². The topological polar surface area (TPSA) is 74.9 Å². The summed E-state index contributed by atoms with van der Waals surface area (Å²) in [5.74, 6) is 1.18. The van der Waals surface area contributed by atoms with Gasteiger partial charge in [0.05, 0.1) is 13.7 Å². The standard InChI is InChI=1S/C23H25N3O4/c1-29-21-8-4-5-9-22(21)30-16-23(28)26-12-10-25(11-13-26)15-20(27)18-14-24-19-7-3-2-6-17(18)19/h2-9,14,24H,10-13,15-16H2,1H3. The van der Waals surface area contributed by atoms with E-state index in [4.69, 9.17) is 9.47 Å². The van der Waals surface area contributed by atoms with Crippen molar-refractivity contribution in [3.05, 3.63) is 60.3 Å². The van der Waals surface area contributed by atoms with E-state index < -0.39 is 0 Å². The summed E-state index contributed by atoms with van der Waals surface area (Å²) < 4.78 is 10.9. The van der Waals surface area contributed by atoms with E-state index in [2.05, 4.69) is 9.88 Å². The molecular formula is C23H25N3O4. The number of Topliss-reactive ketones (excluding diaryl/α,β-unsaturated/α-hetero) is 1. The Bertz CT molecular complexity index is 1040. The molecule has 1 fully saturated rings. The molecule has 7 heteroatoms. The number of benzene rings is 2. The third-order valence-corrected chi connectivity index (χ3v) is 5.40. The Morgan fingerprint density at radius 3 is 2.43 bits per heavy atom. The maximum atomic E-state index is 12.7. The third kappa shape index (κ3) is 4.31. The molecule has 1 aliphatic rings. The first kappa shape index (κ1) is 20.0. The van der Waals surface area contributed by atoms with Crippen molar-refractivity contribution >= 4 is 22.6 Å². The summed E-state index contributed by atoms with van der Waals surface area (Å²) >= 11 is 0. The highest BCUT2D eigenvalue weighted by molar-refractivity contribution is 6.08. The van der Waals surface area contributed by atoms with Gasteiger partial charge < -0.3 is 19.4 Å². The average molecular weight is 407 g/mol. The molecule has 0 atom stereocenters. The van der Waals surface area contributed by atoms with Crippen LogP contribution in [0, 0.1) is 0 Å². The molecule has 0 saturated carbocycles. The lowest BCUT2D eigenvalue weighted by molar-refractivity contribution is -0.135. The molecule has 1 saturated heterocycles. The van der Waals surface area contributed by atoms with Crippen molar-refractivity contribution in [2.24, 2.45) is 0 Å². The molecule has 1 aliphatic heterocycles. The smallest absolute Gasteiger partial charge is 0.260 e. The van der Waals surface area contributed by atoms with Crippen molar-refractivity contribution in [2.45, 2.75) is 0 Å². The van der Waals surface area contributed by atoms with E-state index in [0.717, 1.165) is 10.9 Å². The minimum atomic E-state index is -0.0662. The van der Waals surface area contributed by atoms with Gasteiger partial charge in [-0.1, -0.05) is 30.3 Å². The molecule has 7 nitrogen and oxygen atoms in total. The number of carbonyl (C=O) groups excluding carboxylic acids is 2. The minimum absolute atomic E-state index is 0.0331. The first-order valence-corrected chi connectivity index (χ1v) is 10.0. The molecule has 1 N–H and O–H groups in total. The highest BCUT2D eigenvalue weighted by Gasteiger charge is 2.24. The number of fused-ring (bicyclic) bond motifs is 1. The second-order valence-electron chi connectivity index (χ2n) is 7.27. The van der Waals surface area contributed by atoms with Crippen LogP contribution < -0.4 is 9.47 Å². The van der Waals surface area contributed by atoms with Crippen molar-refractivity contribution in [2.75, 3.05) is 46.4 Å². The maximum Gasteiger partial charge on any atom is 0.260 e. The van der Waals surface area contributed by atoms with Crippen LogP contribution in [-0.2, 0) is 4.79 Å². The minimum Gasteiger partial charge on any atom is -0.493 e. The molecular weight excluding hydrogens is 382 g/mol. The van der Waals surface area contributed by atoms with Gasteiger partial charge in [0.15, 0.2) is 23.9 Å². The van der Waals surface area contributed by atoms with Gasteiger partial charge in [-0.25, -0.2) is 0 Å². The fourth-order valence-electron chi connectivity index (χ4n) is 3.71. The summed E-state index contributed by atoms with van der Waals surface area (Å²) in [7, 11) is 1.57. The molecule has 1 aromatic heterocycles. The van der Waals surface area contributed by atoms with Crippen LogP contribution >= 0.6 is 0 Å². The van der Waals surface area contributed by atoms with Gasteiger partial charge in [-0.15, -0.1) is 0 Å². The summed E-state index contributed by atoms with van der Waals surface area (Å²) in [4.78, 5) is 32.3. The van der Waals surface area contributed by atoms with E-state index in [-0.39, 0.29) is 18.3 Å². The van der Waals surface area contributed by atoms with Gasteiger partial charge in [0.1, 0.15) is 0 Å². The Balaban J connectivity index is 1.27. The molecule has 156 valence electrons. The second kappa shape index (κ2) is 9.00. The zero-order valence-corrected chi connectivity index (χ0v) is 17.0. The molecule has 0 spiro atoms. The number of H-pyrrole nitrogens is 1. The van der Waals surface area contributed by atoms with Crippen molar-refractivity contribution in [1.82, 2.24) is 14.8 Å². The highest BCUT2D eigenvalue weighted by Crippen LogP contribution is 2.25. The number of piperazine rings is 1. The lowest BCUT2D eigenvalue weighted by atomic mass is 10.1. The summed E-state index contributed by atoms with van der Waals surface area (Å²) in [6.45, 7) is 2.80. The van der Waals surface area contributed by atoms with Crippen LogP contribution in [0.15, 0.2) is 54.7 Å². The monoisotopic (exact) mass is 407 g/mol. The number of hydrogen-bond acceptors (Lipinski definition) is 5. The average Bonchev–Trinajstić information content (AvgIpc) is 3.22. The predicted molar refractivity (Wildman–Crippen MR) is 114 cm³/mol. The fourth-order valence-corrected chi connectivity index (χ4v) is 3.71. The number of carbonyl (C=O) groups is 2. The van der Waals surface area contributed by atoms with E-state index >= 15 is 0 Å². The van der Waals surface area contributed by atoms with Crippen molar-refractivity contribution < 1.29 is 19.1 Å². The Morgan fingerprint density at radius 2 is 1.67 bits per heavy atom. The van der Waals surface area contributed by atoms with Crippen molar-refractivity contribution in [3.8, 4) is 11.5 Å². The van der Waals surface area contributed by atoms with Crippen molar-refractivity contribution in [1.29, 1.82) is 0 Å². The van der Waals surface area contributed by atoms with Crippen LogP contribution in [0.4, 0.5) is 0 Å². The molecule has 0 unspecified atom stereocenters. The Morgan fingerprint density at radius 1 is 0.967 bits per heavy atom. The van der Waals surface area contributed by atoms with Crippen LogP contribution in [0.2, 0.25) is 0 Å². The molecule has 0 radical (unpaired) electrons. The Labute approximate surface area is 175 Å². The maximum absolute atomic E-state index is 12.7. The van der Waals surface area contributed by atoms with E-state index in [1.807, 2.05) is 36.4 Å². The molecule has 1 amide bonds. The molecule has 0 aliphatic carbocycles. The predicted octanol–water partition coefficient (Wildman–Crippen LogP) is 2.58. The van der Waals surface area contributed by atoms with Crippen LogP contribution in [0.1, 0.15) is 10.4 Å². The van der Waals surface area contributed by atoms with Gasteiger partial charge in [-0.2, -0.15) is 0 Å². The first-order chi connectivity index (χ1) is 14.7. The number of methoxy groups -OCH3 is 1. The van der Waals surface area contributed by atoms with Gasteiger partial charge in [0, 0.05) is 48.8 Å². The number of ether oxygens (including phenoxy) is 2. The molecule has 2 heterocycles. The quantitative estimate of drug-likeness (QED) is 0.610. The Hall–Kier alpha value is -3.32. The molecule has 2 aromatic carbocycles.